The van der Waals surface area contributed by atoms with E-state index in [2.05, 4.69) is 30.8 Å². The summed E-state index contributed by atoms with van der Waals surface area (Å²) >= 11 is 0. The fraction of sp³-hybridized carbons (Fsp3) is 0.800. The standard InChI is InChI=1S/C15H27N3O/c1-5-14(16-4)15-11(2)17-18(12(15)3)10-13-8-6-7-9-19-13/h13-14,16H,5-10H2,1-4H3. The minimum atomic E-state index is 0.342. The highest BCUT2D eigenvalue weighted by Crippen LogP contribution is 2.25. The van der Waals surface area contributed by atoms with Crippen molar-refractivity contribution in [3.05, 3.63) is 17.0 Å². The van der Waals surface area contributed by atoms with E-state index in [1.54, 1.807) is 0 Å². The van der Waals surface area contributed by atoms with Gasteiger partial charge >= 0.3 is 0 Å². The van der Waals surface area contributed by atoms with Gasteiger partial charge < -0.3 is 10.1 Å². The third-order valence-corrected chi connectivity index (χ3v) is 4.19. The Bertz CT molecular complexity index is 404. The molecule has 1 aliphatic rings. The first-order valence-electron chi connectivity index (χ1n) is 7.50. The zero-order chi connectivity index (χ0) is 13.8. The Morgan fingerprint density at radius 3 is 2.79 bits per heavy atom. The lowest BCUT2D eigenvalue weighted by Gasteiger charge is -2.23. The molecule has 0 aromatic carbocycles. The molecule has 1 fully saturated rings. The molecule has 0 radical (unpaired) electrons. The Morgan fingerprint density at radius 1 is 1.42 bits per heavy atom. The molecule has 0 aliphatic carbocycles. The van der Waals surface area contributed by atoms with E-state index in [0.717, 1.165) is 31.7 Å². The normalized spacial score (nSPS) is 21.6. The highest BCUT2D eigenvalue weighted by atomic mass is 16.5. The molecule has 1 N–H and O–H groups in total. The summed E-state index contributed by atoms with van der Waals surface area (Å²) in [5.74, 6) is 0. The quantitative estimate of drug-likeness (QED) is 0.889. The van der Waals surface area contributed by atoms with Gasteiger partial charge in [0.15, 0.2) is 0 Å². The molecule has 0 spiro atoms. The number of aryl methyl sites for hydroxylation is 1. The molecule has 1 aromatic rings. The van der Waals surface area contributed by atoms with E-state index in [1.165, 1.54) is 24.1 Å². The molecule has 2 atom stereocenters. The van der Waals surface area contributed by atoms with E-state index in [-0.39, 0.29) is 0 Å². The Labute approximate surface area is 116 Å². The molecular weight excluding hydrogens is 238 g/mol. The molecule has 2 heterocycles. The van der Waals surface area contributed by atoms with Crippen LogP contribution >= 0.6 is 0 Å². The number of hydrogen-bond acceptors (Lipinski definition) is 3. The van der Waals surface area contributed by atoms with Crippen LogP contribution < -0.4 is 5.32 Å². The maximum Gasteiger partial charge on any atom is 0.0771 e. The Morgan fingerprint density at radius 2 is 2.21 bits per heavy atom. The van der Waals surface area contributed by atoms with Crippen molar-refractivity contribution in [3.63, 3.8) is 0 Å². The summed E-state index contributed by atoms with van der Waals surface area (Å²) in [5, 5.41) is 8.10. The first-order chi connectivity index (χ1) is 9.17. The topological polar surface area (TPSA) is 39.1 Å². The maximum absolute atomic E-state index is 5.82. The van der Waals surface area contributed by atoms with Gasteiger partial charge in [0.2, 0.25) is 0 Å². The van der Waals surface area contributed by atoms with Crippen LogP contribution in [0.3, 0.4) is 0 Å². The minimum Gasteiger partial charge on any atom is -0.376 e. The molecule has 19 heavy (non-hydrogen) atoms. The molecule has 0 amide bonds. The van der Waals surface area contributed by atoms with Crippen LogP contribution in [0, 0.1) is 13.8 Å². The number of ether oxygens (including phenoxy) is 1. The lowest BCUT2D eigenvalue weighted by molar-refractivity contribution is 0.00360. The first kappa shape index (κ1) is 14.5. The fourth-order valence-electron chi connectivity index (χ4n) is 3.09. The van der Waals surface area contributed by atoms with Crippen molar-refractivity contribution in [1.29, 1.82) is 0 Å². The second-order valence-corrected chi connectivity index (χ2v) is 5.50. The van der Waals surface area contributed by atoms with Gasteiger partial charge in [-0.1, -0.05) is 6.92 Å². The Hall–Kier alpha value is -0.870. The van der Waals surface area contributed by atoms with Crippen molar-refractivity contribution in [2.24, 2.45) is 0 Å². The minimum absolute atomic E-state index is 0.342. The van der Waals surface area contributed by atoms with Crippen LogP contribution in [0.5, 0.6) is 0 Å². The molecule has 1 aromatic heterocycles. The molecule has 2 rings (SSSR count). The van der Waals surface area contributed by atoms with E-state index in [0.29, 0.717) is 12.1 Å². The molecule has 2 unspecified atom stereocenters. The molecule has 108 valence electrons. The van der Waals surface area contributed by atoms with Gasteiger partial charge in [-0.15, -0.1) is 0 Å². The zero-order valence-electron chi connectivity index (χ0n) is 12.7. The molecule has 4 nitrogen and oxygen atoms in total. The molecule has 0 bridgehead atoms. The highest BCUT2D eigenvalue weighted by Gasteiger charge is 2.21. The van der Waals surface area contributed by atoms with E-state index in [1.807, 2.05) is 7.05 Å². The van der Waals surface area contributed by atoms with Gasteiger partial charge in [-0.25, -0.2) is 0 Å². The highest BCUT2D eigenvalue weighted by molar-refractivity contribution is 5.28. The van der Waals surface area contributed by atoms with Crippen molar-refractivity contribution < 1.29 is 4.74 Å². The number of nitrogens with zero attached hydrogens (tertiary/aromatic N) is 2. The third-order valence-electron chi connectivity index (χ3n) is 4.19. The summed E-state index contributed by atoms with van der Waals surface area (Å²) in [5.41, 5.74) is 3.79. The van der Waals surface area contributed by atoms with Gasteiger partial charge in [0.05, 0.1) is 18.3 Å². The summed E-state index contributed by atoms with van der Waals surface area (Å²) in [6.45, 7) is 8.30. The molecule has 1 saturated heterocycles. The number of nitrogens with one attached hydrogen (secondary N) is 1. The molecular formula is C15H27N3O. The van der Waals surface area contributed by atoms with Crippen LogP contribution in [-0.2, 0) is 11.3 Å². The van der Waals surface area contributed by atoms with Crippen LogP contribution in [0.1, 0.15) is 55.6 Å². The van der Waals surface area contributed by atoms with Crippen molar-refractivity contribution in [3.8, 4) is 0 Å². The first-order valence-corrected chi connectivity index (χ1v) is 7.50. The number of aromatic nitrogens is 2. The average Bonchev–Trinajstić information content (AvgIpc) is 2.69. The maximum atomic E-state index is 5.82. The van der Waals surface area contributed by atoms with E-state index in [9.17, 15) is 0 Å². The van der Waals surface area contributed by atoms with Gasteiger partial charge in [-0.3, -0.25) is 4.68 Å². The van der Waals surface area contributed by atoms with Crippen LogP contribution in [0.4, 0.5) is 0 Å². The van der Waals surface area contributed by atoms with Crippen LogP contribution in [0.25, 0.3) is 0 Å². The fourth-order valence-corrected chi connectivity index (χ4v) is 3.09. The Kier molecular flexibility index (Phi) is 4.99. The molecule has 4 heteroatoms. The van der Waals surface area contributed by atoms with Gasteiger partial charge in [0.25, 0.3) is 0 Å². The van der Waals surface area contributed by atoms with Gasteiger partial charge in [0.1, 0.15) is 0 Å². The van der Waals surface area contributed by atoms with Gasteiger partial charge in [0, 0.05) is 23.9 Å². The summed E-state index contributed by atoms with van der Waals surface area (Å²) in [6, 6.07) is 0.404. The van der Waals surface area contributed by atoms with Crippen molar-refractivity contribution in [2.75, 3.05) is 13.7 Å². The van der Waals surface area contributed by atoms with Crippen molar-refractivity contribution >= 4 is 0 Å². The zero-order valence-corrected chi connectivity index (χ0v) is 12.7. The second-order valence-electron chi connectivity index (χ2n) is 5.50. The van der Waals surface area contributed by atoms with Gasteiger partial charge in [-0.05, 0) is 46.6 Å². The lowest BCUT2D eigenvalue weighted by Crippen LogP contribution is -2.25. The van der Waals surface area contributed by atoms with E-state index < -0.39 is 0 Å². The number of rotatable bonds is 5. The van der Waals surface area contributed by atoms with E-state index >= 15 is 0 Å². The largest absolute Gasteiger partial charge is 0.376 e. The van der Waals surface area contributed by atoms with Crippen molar-refractivity contribution in [2.45, 2.75) is 65.1 Å². The number of hydrogen-bond donors (Lipinski definition) is 1. The SMILES string of the molecule is CCC(NC)c1c(C)nn(CC2CCCCO2)c1C. The summed E-state index contributed by atoms with van der Waals surface area (Å²) < 4.78 is 7.96. The average molecular weight is 265 g/mol. The summed E-state index contributed by atoms with van der Waals surface area (Å²) in [7, 11) is 2.02. The smallest absolute Gasteiger partial charge is 0.0771 e. The summed E-state index contributed by atoms with van der Waals surface area (Å²) in [6.07, 6.45) is 5.08. The summed E-state index contributed by atoms with van der Waals surface area (Å²) in [4.78, 5) is 0. The van der Waals surface area contributed by atoms with Crippen LogP contribution in [0.2, 0.25) is 0 Å². The van der Waals surface area contributed by atoms with E-state index in [4.69, 9.17) is 9.84 Å². The Balaban J connectivity index is 2.15. The monoisotopic (exact) mass is 265 g/mol. The lowest BCUT2D eigenvalue weighted by atomic mass is 10.0. The second kappa shape index (κ2) is 6.53. The predicted octanol–water partition coefficient (Wildman–Crippen LogP) is 2.74. The van der Waals surface area contributed by atoms with Gasteiger partial charge in [-0.2, -0.15) is 5.10 Å². The predicted molar refractivity (Wildman–Crippen MR) is 77.4 cm³/mol. The molecule has 1 aliphatic heterocycles. The van der Waals surface area contributed by atoms with Crippen LogP contribution in [-0.4, -0.2) is 29.5 Å². The molecule has 0 saturated carbocycles. The third kappa shape index (κ3) is 3.18. The van der Waals surface area contributed by atoms with Crippen LogP contribution in [0.15, 0.2) is 0 Å². The van der Waals surface area contributed by atoms with Crippen molar-refractivity contribution in [1.82, 2.24) is 15.1 Å².